The minimum absolute atomic E-state index is 0.239. The highest BCUT2D eigenvalue weighted by Gasteiger charge is 2.44. The van der Waals surface area contributed by atoms with E-state index in [1.165, 1.54) is 9.80 Å². The third-order valence-corrected chi connectivity index (χ3v) is 3.54. The van der Waals surface area contributed by atoms with Crippen molar-refractivity contribution in [1.82, 2.24) is 9.80 Å². The fourth-order valence-corrected chi connectivity index (χ4v) is 2.18. The van der Waals surface area contributed by atoms with Gasteiger partial charge in [0, 0.05) is 27.2 Å². The molecule has 6 nitrogen and oxygen atoms in total. The van der Waals surface area contributed by atoms with Crippen LogP contribution in [0.15, 0.2) is 0 Å². The number of likely N-dealkylation sites (tertiary alicyclic amines) is 1. The number of carboxylic acids is 1. The predicted molar refractivity (Wildman–Crippen MR) is 66.5 cm³/mol. The lowest BCUT2D eigenvalue weighted by atomic mass is 9.89. The lowest BCUT2D eigenvalue weighted by Crippen LogP contribution is -2.60. The summed E-state index contributed by atoms with van der Waals surface area (Å²) >= 11 is 0. The van der Waals surface area contributed by atoms with Gasteiger partial charge in [-0.25, -0.2) is 9.59 Å². The topological polar surface area (TPSA) is 70.1 Å². The van der Waals surface area contributed by atoms with Gasteiger partial charge in [0.15, 0.2) is 0 Å². The van der Waals surface area contributed by atoms with Crippen LogP contribution in [0.2, 0.25) is 0 Å². The Morgan fingerprint density at radius 1 is 1.44 bits per heavy atom. The zero-order valence-corrected chi connectivity index (χ0v) is 11.3. The van der Waals surface area contributed by atoms with Crippen LogP contribution in [-0.4, -0.2) is 66.3 Å². The molecule has 2 amide bonds. The van der Waals surface area contributed by atoms with Crippen molar-refractivity contribution in [3.63, 3.8) is 0 Å². The fraction of sp³-hybridized carbons (Fsp3) is 0.833. The molecule has 104 valence electrons. The number of carbonyl (C=O) groups excluding carboxylic acids is 1. The van der Waals surface area contributed by atoms with Crippen molar-refractivity contribution in [1.29, 1.82) is 0 Å². The Hall–Kier alpha value is -1.30. The van der Waals surface area contributed by atoms with Crippen molar-refractivity contribution >= 4 is 12.0 Å². The van der Waals surface area contributed by atoms with Crippen LogP contribution in [0.4, 0.5) is 4.79 Å². The monoisotopic (exact) mass is 258 g/mol. The highest BCUT2D eigenvalue weighted by atomic mass is 16.5. The highest BCUT2D eigenvalue weighted by molar-refractivity contribution is 5.86. The largest absolute Gasteiger partial charge is 0.480 e. The van der Waals surface area contributed by atoms with Crippen LogP contribution < -0.4 is 0 Å². The van der Waals surface area contributed by atoms with Crippen LogP contribution in [0.1, 0.15) is 26.2 Å². The van der Waals surface area contributed by atoms with E-state index in [4.69, 9.17) is 4.74 Å². The van der Waals surface area contributed by atoms with Crippen LogP contribution >= 0.6 is 0 Å². The molecule has 0 spiro atoms. The maximum atomic E-state index is 12.3. The normalized spacial score (nSPS) is 23.8. The van der Waals surface area contributed by atoms with Crippen molar-refractivity contribution in [2.24, 2.45) is 0 Å². The molecule has 0 aromatic heterocycles. The van der Waals surface area contributed by atoms with E-state index in [9.17, 15) is 14.7 Å². The molecule has 1 saturated heterocycles. The lowest BCUT2D eigenvalue weighted by Gasteiger charge is -2.43. The Kier molecular flexibility index (Phi) is 4.95. The van der Waals surface area contributed by atoms with Crippen LogP contribution in [0.5, 0.6) is 0 Å². The van der Waals surface area contributed by atoms with Crippen LogP contribution in [0.3, 0.4) is 0 Å². The number of methoxy groups -OCH3 is 1. The van der Waals surface area contributed by atoms with E-state index in [2.05, 4.69) is 0 Å². The number of ether oxygens (including phenoxy) is 1. The summed E-state index contributed by atoms with van der Waals surface area (Å²) < 4.78 is 4.92. The summed E-state index contributed by atoms with van der Waals surface area (Å²) in [4.78, 5) is 26.6. The summed E-state index contributed by atoms with van der Waals surface area (Å²) in [5.74, 6) is -0.935. The molecule has 0 aromatic rings. The van der Waals surface area contributed by atoms with Gasteiger partial charge < -0.3 is 19.6 Å². The van der Waals surface area contributed by atoms with Gasteiger partial charge in [-0.1, -0.05) is 0 Å². The number of piperidine rings is 1. The Morgan fingerprint density at radius 3 is 2.67 bits per heavy atom. The molecule has 1 atom stereocenters. The number of hydrogen-bond donors (Lipinski definition) is 1. The summed E-state index contributed by atoms with van der Waals surface area (Å²) in [5, 5.41) is 9.34. The van der Waals surface area contributed by atoms with Gasteiger partial charge in [-0.2, -0.15) is 0 Å². The molecule has 0 aliphatic carbocycles. The summed E-state index contributed by atoms with van der Waals surface area (Å²) in [7, 11) is 3.23. The lowest BCUT2D eigenvalue weighted by molar-refractivity contribution is -0.150. The maximum Gasteiger partial charge on any atom is 0.329 e. The molecular weight excluding hydrogens is 236 g/mol. The standard InChI is InChI=1S/C12H22N2O4/c1-12(10(15)16)6-4-5-7-14(12)11(17)13(2)8-9-18-3/h4-9H2,1-3H3,(H,15,16). The average molecular weight is 258 g/mol. The van der Waals surface area contributed by atoms with E-state index in [0.717, 1.165) is 12.8 Å². The van der Waals surface area contributed by atoms with Crippen LogP contribution in [0, 0.1) is 0 Å². The molecule has 0 aromatic carbocycles. The zero-order chi connectivity index (χ0) is 13.8. The Balaban J connectivity index is 2.77. The van der Waals surface area contributed by atoms with Crippen molar-refractivity contribution in [3.05, 3.63) is 0 Å². The number of carbonyl (C=O) groups is 2. The van der Waals surface area contributed by atoms with Gasteiger partial charge in [-0.15, -0.1) is 0 Å². The van der Waals surface area contributed by atoms with Gasteiger partial charge in [0.2, 0.25) is 0 Å². The van der Waals surface area contributed by atoms with Gasteiger partial charge in [-0.05, 0) is 26.2 Å². The van der Waals surface area contributed by atoms with E-state index in [-0.39, 0.29) is 6.03 Å². The van der Waals surface area contributed by atoms with E-state index in [0.29, 0.717) is 26.1 Å². The molecule has 0 saturated carbocycles. The molecule has 0 bridgehead atoms. The van der Waals surface area contributed by atoms with E-state index < -0.39 is 11.5 Å². The quantitative estimate of drug-likeness (QED) is 0.817. The van der Waals surface area contributed by atoms with Gasteiger partial charge in [0.1, 0.15) is 5.54 Å². The molecule has 6 heteroatoms. The van der Waals surface area contributed by atoms with Gasteiger partial charge in [0.05, 0.1) is 6.61 Å². The molecule has 1 fully saturated rings. The highest BCUT2D eigenvalue weighted by Crippen LogP contribution is 2.29. The second kappa shape index (κ2) is 6.04. The minimum Gasteiger partial charge on any atom is -0.480 e. The number of likely N-dealkylation sites (N-methyl/N-ethyl adjacent to an activating group) is 1. The Bertz CT molecular complexity index is 321. The number of carboxylic acid groups (broad SMARTS) is 1. The number of rotatable bonds is 4. The van der Waals surface area contributed by atoms with E-state index in [1.807, 2.05) is 0 Å². The second-order valence-corrected chi connectivity index (χ2v) is 4.88. The molecule has 0 radical (unpaired) electrons. The number of nitrogens with zero attached hydrogens (tertiary/aromatic N) is 2. The van der Waals surface area contributed by atoms with Gasteiger partial charge in [-0.3, -0.25) is 0 Å². The first-order valence-electron chi connectivity index (χ1n) is 6.18. The number of amides is 2. The number of hydrogen-bond acceptors (Lipinski definition) is 3. The minimum atomic E-state index is -1.09. The summed E-state index contributed by atoms with van der Waals surface area (Å²) in [5.41, 5.74) is -1.09. The van der Waals surface area contributed by atoms with Gasteiger partial charge in [0.25, 0.3) is 0 Å². The van der Waals surface area contributed by atoms with Crippen molar-refractivity contribution in [3.8, 4) is 0 Å². The Morgan fingerprint density at radius 2 is 2.11 bits per heavy atom. The second-order valence-electron chi connectivity index (χ2n) is 4.88. The number of urea groups is 1. The van der Waals surface area contributed by atoms with E-state index >= 15 is 0 Å². The Labute approximate surface area is 107 Å². The third kappa shape index (κ3) is 2.93. The molecular formula is C12H22N2O4. The van der Waals surface area contributed by atoms with Crippen molar-refractivity contribution < 1.29 is 19.4 Å². The first-order valence-corrected chi connectivity index (χ1v) is 6.18. The summed E-state index contributed by atoms with van der Waals surface area (Å²) in [6, 6.07) is -0.239. The number of aliphatic carboxylic acids is 1. The molecule has 18 heavy (non-hydrogen) atoms. The summed E-state index contributed by atoms with van der Waals surface area (Å²) in [6.45, 7) is 3.02. The zero-order valence-electron chi connectivity index (χ0n) is 11.3. The smallest absolute Gasteiger partial charge is 0.329 e. The van der Waals surface area contributed by atoms with Crippen molar-refractivity contribution in [2.75, 3.05) is 33.9 Å². The fourth-order valence-electron chi connectivity index (χ4n) is 2.18. The maximum absolute atomic E-state index is 12.3. The van der Waals surface area contributed by atoms with E-state index in [1.54, 1.807) is 21.1 Å². The first kappa shape index (κ1) is 14.8. The molecule has 1 rings (SSSR count). The van der Waals surface area contributed by atoms with Crippen molar-refractivity contribution in [2.45, 2.75) is 31.7 Å². The molecule has 1 aliphatic rings. The van der Waals surface area contributed by atoms with Gasteiger partial charge >= 0.3 is 12.0 Å². The molecule has 1 heterocycles. The average Bonchev–Trinajstić information content (AvgIpc) is 2.35. The molecule has 1 aliphatic heterocycles. The van der Waals surface area contributed by atoms with Crippen LogP contribution in [0.25, 0.3) is 0 Å². The third-order valence-electron chi connectivity index (χ3n) is 3.54. The predicted octanol–water partition coefficient (Wildman–Crippen LogP) is 1.01. The SMILES string of the molecule is COCCN(C)C(=O)N1CCCCC1(C)C(=O)O. The van der Waals surface area contributed by atoms with Crippen LogP contribution in [-0.2, 0) is 9.53 Å². The molecule has 1 N–H and O–H groups in total. The summed E-state index contributed by atoms with van der Waals surface area (Å²) in [6.07, 6.45) is 2.20. The first-order chi connectivity index (χ1) is 8.43. The molecule has 1 unspecified atom stereocenters.